The van der Waals surface area contributed by atoms with Crippen LogP contribution in [-0.2, 0) is 13.3 Å². The Bertz CT molecular complexity index is 186. The normalized spacial score (nSPS) is 13.6. The van der Waals surface area contributed by atoms with E-state index in [2.05, 4.69) is 13.3 Å². The molecule has 92 valence electrons. The van der Waals surface area contributed by atoms with Crippen LogP contribution in [0.3, 0.4) is 0 Å². The van der Waals surface area contributed by atoms with Crippen LogP contribution in [-0.4, -0.2) is 34.9 Å². The number of hydrogen-bond donors (Lipinski definition) is 0. The highest BCUT2D eigenvalue weighted by Crippen LogP contribution is 2.29. The monoisotopic (exact) mass is 254 g/mol. The van der Waals surface area contributed by atoms with Crippen molar-refractivity contribution in [3.05, 3.63) is 0 Å². The number of hydrogen-bond acceptors (Lipinski definition) is 3. The molecule has 0 aromatic rings. The first-order valence-corrected chi connectivity index (χ1v) is 5.70. The van der Waals surface area contributed by atoms with Gasteiger partial charge in [-0.05, 0) is 13.8 Å². The van der Waals surface area contributed by atoms with Crippen molar-refractivity contribution < 1.29 is 34.9 Å². The van der Waals surface area contributed by atoms with Crippen LogP contribution in [0.4, 0.5) is 21.7 Å². The molecule has 0 aromatic heterocycles. The fraction of sp³-hybridized carbons (Fsp3) is 1.00. The molecule has 0 fully saturated rings. The van der Waals surface area contributed by atoms with E-state index in [4.69, 9.17) is 0 Å². The lowest BCUT2D eigenvalue weighted by Crippen LogP contribution is -2.49. The Morgan fingerprint density at radius 1 is 1.13 bits per heavy atom. The average Bonchev–Trinajstić information content (AvgIpc) is 2.02. The Hall–Kier alpha value is -0.253. The van der Waals surface area contributed by atoms with Crippen LogP contribution in [0.15, 0.2) is 0 Å². The Labute approximate surface area is 84.7 Å². The second-order valence-electron chi connectivity index (χ2n) is 2.31. The van der Waals surface area contributed by atoms with E-state index in [0.29, 0.717) is 0 Å². The standard InChI is InChI=1S/C6H11F5O3Si/c1-3-12-15(11,13-4-2)14-6(9,10)5(7)8/h5H,3-4H2,1-2H3. The Kier molecular flexibility index (Phi) is 5.63. The third kappa shape index (κ3) is 4.86. The van der Waals surface area contributed by atoms with Gasteiger partial charge in [0.15, 0.2) is 0 Å². The van der Waals surface area contributed by atoms with Crippen LogP contribution in [0, 0.1) is 0 Å². The molecular formula is C6H11F5O3Si. The van der Waals surface area contributed by atoms with Gasteiger partial charge in [0.2, 0.25) is 0 Å². The van der Waals surface area contributed by atoms with E-state index in [1.54, 1.807) is 0 Å². The SMILES string of the molecule is CCO[Si](F)(OCC)OC(F)(F)C(F)F. The molecule has 0 aliphatic heterocycles. The summed E-state index contributed by atoms with van der Waals surface area (Å²) in [6, 6.07) is 0. The molecular weight excluding hydrogens is 243 g/mol. The van der Waals surface area contributed by atoms with Crippen molar-refractivity contribution in [2.75, 3.05) is 13.2 Å². The average molecular weight is 254 g/mol. The summed E-state index contributed by atoms with van der Waals surface area (Å²) in [7, 11) is -5.18. The molecule has 15 heavy (non-hydrogen) atoms. The van der Waals surface area contributed by atoms with Crippen molar-refractivity contribution >= 4 is 9.14 Å². The van der Waals surface area contributed by atoms with Crippen LogP contribution in [0.1, 0.15) is 13.8 Å². The van der Waals surface area contributed by atoms with E-state index in [-0.39, 0.29) is 13.2 Å². The molecule has 0 aromatic carbocycles. The topological polar surface area (TPSA) is 27.7 Å². The molecule has 0 unspecified atom stereocenters. The quantitative estimate of drug-likeness (QED) is 0.396. The second-order valence-corrected chi connectivity index (χ2v) is 4.06. The maximum Gasteiger partial charge on any atom is 0.724 e. The van der Waals surface area contributed by atoms with Gasteiger partial charge >= 0.3 is 21.7 Å². The van der Waals surface area contributed by atoms with Gasteiger partial charge in [-0.2, -0.15) is 8.78 Å². The highest BCUT2D eigenvalue weighted by molar-refractivity contribution is 6.52. The van der Waals surface area contributed by atoms with Gasteiger partial charge < -0.3 is 8.85 Å². The van der Waals surface area contributed by atoms with Crippen molar-refractivity contribution in [2.24, 2.45) is 0 Å². The zero-order valence-electron chi connectivity index (χ0n) is 8.11. The van der Waals surface area contributed by atoms with Crippen molar-refractivity contribution in [1.29, 1.82) is 0 Å². The van der Waals surface area contributed by atoms with E-state index in [0.717, 1.165) is 0 Å². The molecule has 0 atom stereocenters. The van der Waals surface area contributed by atoms with Crippen LogP contribution >= 0.6 is 0 Å². The van der Waals surface area contributed by atoms with E-state index in [1.807, 2.05) is 0 Å². The van der Waals surface area contributed by atoms with Gasteiger partial charge in [-0.15, -0.1) is 0 Å². The van der Waals surface area contributed by atoms with Gasteiger partial charge in [0.1, 0.15) is 0 Å². The second kappa shape index (κ2) is 5.73. The number of rotatable bonds is 7. The van der Waals surface area contributed by atoms with Gasteiger partial charge in [-0.3, -0.25) is 4.43 Å². The molecule has 0 aliphatic carbocycles. The summed E-state index contributed by atoms with van der Waals surface area (Å²) in [5.74, 6) is 0. The minimum absolute atomic E-state index is 0.317. The van der Waals surface area contributed by atoms with Crippen LogP contribution in [0.5, 0.6) is 0 Å². The summed E-state index contributed by atoms with van der Waals surface area (Å²) in [6.45, 7) is 1.96. The summed E-state index contributed by atoms with van der Waals surface area (Å²) in [6.07, 6.45) is -9.05. The van der Waals surface area contributed by atoms with Gasteiger partial charge in [-0.1, -0.05) is 0 Å². The zero-order chi connectivity index (χ0) is 12.1. The maximum absolute atomic E-state index is 13.3. The number of alkyl halides is 4. The fourth-order valence-corrected chi connectivity index (χ4v) is 1.96. The van der Waals surface area contributed by atoms with Gasteiger partial charge in [-0.25, -0.2) is 12.9 Å². The molecule has 0 bridgehead atoms. The zero-order valence-corrected chi connectivity index (χ0v) is 9.11. The summed E-state index contributed by atoms with van der Waals surface area (Å²) in [4.78, 5) is 0. The highest BCUT2D eigenvalue weighted by Gasteiger charge is 2.57. The first-order valence-electron chi connectivity index (χ1n) is 4.10. The molecule has 3 nitrogen and oxygen atoms in total. The molecule has 0 saturated carbocycles. The largest absolute Gasteiger partial charge is 0.724 e. The predicted octanol–water partition coefficient (Wildman–Crippen LogP) is 2.34. The van der Waals surface area contributed by atoms with E-state index < -0.39 is 21.7 Å². The van der Waals surface area contributed by atoms with Crippen LogP contribution < -0.4 is 0 Å². The molecule has 0 saturated heterocycles. The predicted molar refractivity (Wildman–Crippen MR) is 42.2 cm³/mol. The third-order valence-corrected chi connectivity index (χ3v) is 2.93. The van der Waals surface area contributed by atoms with E-state index >= 15 is 0 Å². The maximum atomic E-state index is 13.3. The molecule has 0 spiro atoms. The van der Waals surface area contributed by atoms with Crippen LogP contribution in [0.2, 0.25) is 0 Å². The molecule has 0 amide bonds. The lowest BCUT2D eigenvalue weighted by atomic mass is 10.7. The van der Waals surface area contributed by atoms with Gasteiger partial charge in [0, 0.05) is 13.2 Å². The molecule has 0 N–H and O–H groups in total. The molecule has 0 radical (unpaired) electrons. The number of halogens is 5. The molecule has 0 rings (SSSR count). The highest BCUT2D eigenvalue weighted by atomic mass is 28.4. The van der Waals surface area contributed by atoms with Crippen molar-refractivity contribution in [3.8, 4) is 0 Å². The summed E-state index contributed by atoms with van der Waals surface area (Å²) in [5, 5.41) is 0. The minimum atomic E-state index is -5.18. The lowest BCUT2D eigenvalue weighted by molar-refractivity contribution is -0.281. The molecule has 9 heteroatoms. The van der Waals surface area contributed by atoms with Crippen LogP contribution in [0.25, 0.3) is 0 Å². The lowest BCUT2D eigenvalue weighted by Gasteiger charge is -2.24. The first kappa shape index (κ1) is 14.7. The smallest absolute Gasteiger partial charge is 0.348 e. The van der Waals surface area contributed by atoms with Crippen molar-refractivity contribution in [1.82, 2.24) is 0 Å². The van der Waals surface area contributed by atoms with E-state index in [1.165, 1.54) is 13.8 Å². The van der Waals surface area contributed by atoms with Gasteiger partial charge in [0.05, 0.1) is 0 Å². The molecule has 0 heterocycles. The Morgan fingerprint density at radius 3 is 1.80 bits per heavy atom. The van der Waals surface area contributed by atoms with E-state index in [9.17, 15) is 21.7 Å². The summed E-state index contributed by atoms with van der Waals surface area (Å²) >= 11 is 0. The Balaban J connectivity index is 4.52. The minimum Gasteiger partial charge on any atom is -0.348 e. The first-order chi connectivity index (χ1) is 6.77. The fourth-order valence-electron chi connectivity index (χ4n) is 0.652. The van der Waals surface area contributed by atoms with Gasteiger partial charge in [0.25, 0.3) is 0 Å². The third-order valence-electron chi connectivity index (χ3n) is 1.15. The summed E-state index contributed by atoms with van der Waals surface area (Å²) < 4.78 is 73.0. The van der Waals surface area contributed by atoms with Crippen molar-refractivity contribution in [3.63, 3.8) is 0 Å². The Morgan fingerprint density at radius 2 is 1.53 bits per heavy atom. The molecule has 0 aliphatic rings. The summed E-state index contributed by atoms with van der Waals surface area (Å²) in [5.41, 5.74) is 0. The van der Waals surface area contributed by atoms with Crippen molar-refractivity contribution in [2.45, 2.75) is 26.4 Å².